The Bertz CT molecular complexity index is 960. The van der Waals surface area contributed by atoms with Gasteiger partial charge in [0.15, 0.2) is 5.82 Å². The monoisotopic (exact) mass is 350 g/mol. The lowest BCUT2D eigenvalue weighted by Crippen LogP contribution is -2.39. The third-order valence-electron chi connectivity index (χ3n) is 5.06. The van der Waals surface area contributed by atoms with E-state index in [9.17, 15) is 4.79 Å². The first-order chi connectivity index (χ1) is 12.5. The number of likely N-dealkylation sites (tertiary alicyclic amines) is 1. The third-order valence-corrected chi connectivity index (χ3v) is 5.06. The summed E-state index contributed by atoms with van der Waals surface area (Å²) in [6, 6.07) is 6.06. The second-order valence-electron chi connectivity index (χ2n) is 7.17. The lowest BCUT2D eigenvalue weighted by atomic mass is 9.95. The molecule has 1 fully saturated rings. The molecule has 0 N–H and O–H groups in total. The molecule has 6 heteroatoms. The maximum atomic E-state index is 13.4. The number of piperidine rings is 1. The predicted molar refractivity (Wildman–Crippen MR) is 98.1 cm³/mol. The highest BCUT2D eigenvalue weighted by Gasteiger charge is 2.29. The number of benzene rings is 1. The fourth-order valence-corrected chi connectivity index (χ4v) is 3.96. The molecule has 3 aromatic rings. The van der Waals surface area contributed by atoms with Gasteiger partial charge in [-0.05, 0) is 56.9 Å². The summed E-state index contributed by atoms with van der Waals surface area (Å²) in [6.45, 7) is 7.40. The summed E-state index contributed by atoms with van der Waals surface area (Å²) in [5.41, 5.74) is 4.72. The number of aromatic nitrogens is 3. The van der Waals surface area contributed by atoms with Crippen molar-refractivity contribution in [3.8, 4) is 0 Å². The van der Waals surface area contributed by atoms with Crippen molar-refractivity contribution in [1.29, 1.82) is 0 Å². The zero-order valence-corrected chi connectivity index (χ0v) is 15.3. The van der Waals surface area contributed by atoms with Crippen LogP contribution in [0.3, 0.4) is 0 Å². The molecule has 2 aromatic heterocycles. The molecule has 1 amide bonds. The highest BCUT2D eigenvalue weighted by molar-refractivity contribution is 6.07. The average molecular weight is 350 g/mol. The largest absolute Gasteiger partial charge is 0.343 e. The second kappa shape index (κ2) is 6.52. The molecule has 1 saturated heterocycles. The predicted octanol–water partition coefficient (Wildman–Crippen LogP) is 3.56. The molecule has 1 aliphatic heterocycles. The Labute approximate surface area is 152 Å². The minimum atomic E-state index is 0.0562. The summed E-state index contributed by atoms with van der Waals surface area (Å²) in [7, 11) is 0. The molecular weight excluding hydrogens is 328 g/mol. The number of hydrogen-bond acceptors (Lipinski definition) is 5. The van der Waals surface area contributed by atoms with E-state index in [-0.39, 0.29) is 11.8 Å². The topological polar surface area (TPSA) is 72.1 Å². The van der Waals surface area contributed by atoms with Gasteiger partial charge in [-0.1, -0.05) is 11.2 Å². The van der Waals surface area contributed by atoms with Crippen molar-refractivity contribution in [2.75, 3.05) is 13.1 Å². The van der Waals surface area contributed by atoms with Gasteiger partial charge in [-0.15, -0.1) is 0 Å². The molecule has 6 nitrogen and oxygen atoms in total. The van der Waals surface area contributed by atoms with E-state index in [1.165, 1.54) is 6.39 Å². The molecule has 26 heavy (non-hydrogen) atoms. The quantitative estimate of drug-likeness (QED) is 0.706. The molecule has 0 aliphatic carbocycles. The third kappa shape index (κ3) is 2.96. The number of hydrogen-bond donors (Lipinski definition) is 0. The highest BCUT2D eigenvalue weighted by atomic mass is 16.5. The first-order valence-corrected chi connectivity index (χ1v) is 8.97. The van der Waals surface area contributed by atoms with Crippen LogP contribution in [0.4, 0.5) is 0 Å². The summed E-state index contributed by atoms with van der Waals surface area (Å²) in [5.74, 6) is 0.870. The van der Waals surface area contributed by atoms with Crippen LogP contribution in [0, 0.1) is 20.8 Å². The van der Waals surface area contributed by atoms with E-state index in [0.717, 1.165) is 52.7 Å². The molecule has 0 unspecified atom stereocenters. The molecule has 1 aliphatic rings. The molecule has 3 heterocycles. The van der Waals surface area contributed by atoms with Gasteiger partial charge < -0.3 is 9.42 Å². The molecule has 1 atom stereocenters. The van der Waals surface area contributed by atoms with Crippen molar-refractivity contribution in [3.63, 3.8) is 0 Å². The van der Waals surface area contributed by atoms with Crippen LogP contribution in [-0.2, 0) is 0 Å². The lowest BCUT2D eigenvalue weighted by Gasteiger charge is -2.31. The van der Waals surface area contributed by atoms with Crippen molar-refractivity contribution in [2.45, 2.75) is 39.5 Å². The van der Waals surface area contributed by atoms with Gasteiger partial charge in [-0.3, -0.25) is 9.78 Å². The number of carbonyl (C=O) groups is 1. The van der Waals surface area contributed by atoms with Crippen LogP contribution < -0.4 is 0 Å². The Morgan fingerprint density at radius 2 is 2.08 bits per heavy atom. The molecule has 4 rings (SSSR count). The van der Waals surface area contributed by atoms with Gasteiger partial charge in [0.2, 0.25) is 6.39 Å². The number of rotatable bonds is 2. The van der Waals surface area contributed by atoms with E-state index in [1.54, 1.807) is 0 Å². The summed E-state index contributed by atoms with van der Waals surface area (Å²) >= 11 is 0. The van der Waals surface area contributed by atoms with Gasteiger partial charge in [0.25, 0.3) is 5.91 Å². The smallest absolute Gasteiger partial charge is 0.254 e. The van der Waals surface area contributed by atoms with E-state index in [1.807, 2.05) is 30.9 Å². The minimum absolute atomic E-state index is 0.0562. The van der Waals surface area contributed by atoms with Crippen LogP contribution in [0.5, 0.6) is 0 Å². The zero-order valence-electron chi connectivity index (χ0n) is 15.3. The number of aryl methyl sites for hydroxylation is 3. The van der Waals surface area contributed by atoms with Crippen LogP contribution in [-0.4, -0.2) is 39.0 Å². The van der Waals surface area contributed by atoms with Crippen LogP contribution in [0.1, 0.15) is 51.8 Å². The van der Waals surface area contributed by atoms with Gasteiger partial charge in [0.05, 0.1) is 11.1 Å². The standard InChI is InChI=1S/C20H22N4O2/c1-12-7-13(2)18-16(9-14(3)22-17(18)8-12)20(25)24-6-4-5-15(10-24)19-21-11-26-23-19/h7-9,11,15H,4-6,10H2,1-3H3/t15-/m0/s1. The maximum Gasteiger partial charge on any atom is 0.254 e. The number of pyridine rings is 1. The fourth-order valence-electron chi connectivity index (χ4n) is 3.96. The Morgan fingerprint density at radius 1 is 1.23 bits per heavy atom. The van der Waals surface area contributed by atoms with Gasteiger partial charge in [0, 0.05) is 30.1 Å². The van der Waals surface area contributed by atoms with Crippen LogP contribution in [0.25, 0.3) is 10.9 Å². The maximum absolute atomic E-state index is 13.4. The summed E-state index contributed by atoms with van der Waals surface area (Å²) < 4.78 is 4.88. The van der Waals surface area contributed by atoms with Crippen molar-refractivity contribution in [3.05, 3.63) is 52.8 Å². The molecule has 0 saturated carbocycles. The second-order valence-corrected chi connectivity index (χ2v) is 7.17. The fraction of sp³-hybridized carbons (Fsp3) is 0.400. The van der Waals surface area contributed by atoms with Gasteiger partial charge >= 0.3 is 0 Å². The van der Waals surface area contributed by atoms with Gasteiger partial charge in [-0.25, -0.2) is 0 Å². The first-order valence-electron chi connectivity index (χ1n) is 8.97. The molecule has 0 radical (unpaired) electrons. The van der Waals surface area contributed by atoms with E-state index < -0.39 is 0 Å². The zero-order chi connectivity index (χ0) is 18.3. The Hall–Kier alpha value is -2.76. The SMILES string of the molecule is Cc1cc(C)c2c(C(=O)N3CCC[C@H](c4ncon4)C3)cc(C)nc2c1. The number of nitrogens with zero attached hydrogens (tertiary/aromatic N) is 4. The van der Waals surface area contributed by atoms with Crippen molar-refractivity contribution in [1.82, 2.24) is 20.0 Å². The van der Waals surface area contributed by atoms with E-state index in [4.69, 9.17) is 4.52 Å². The van der Waals surface area contributed by atoms with Crippen molar-refractivity contribution < 1.29 is 9.32 Å². The van der Waals surface area contributed by atoms with Crippen molar-refractivity contribution in [2.24, 2.45) is 0 Å². The Morgan fingerprint density at radius 3 is 2.85 bits per heavy atom. The molecule has 0 spiro atoms. The van der Waals surface area contributed by atoms with Gasteiger partial charge in [0.1, 0.15) is 0 Å². The Balaban J connectivity index is 1.72. The van der Waals surface area contributed by atoms with Crippen molar-refractivity contribution >= 4 is 16.8 Å². The minimum Gasteiger partial charge on any atom is -0.343 e. The molecular formula is C20H22N4O2. The highest BCUT2D eigenvalue weighted by Crippen LogP contribution is 2.29. The average Bonchev–Trinajstić information content (AvgIpc) is 3.14. The normalized spacial score (nSPS) is 17.7. The number of amides is 1. The van der Waals surface area contributed by atoms with E-state index >= 15 is 0 Å². The summed E-state index contributed by atoms with van der Waals surface area (Å²) in [6.07, 6.45) is 3.25. The number of carbonyl (C=O) groups excluding carboxylic acids is 1. The van der Waals surface area contributed by atoms with E-state index in [0.29, 0.717) is 12.4 Å². The lowest BCUT2D eigenvalue weighted by molar-refractivity contribution is 0.0705. The number of fused-ring (bicyclic) bond motifs is 1. The molecule has 0 bridgehead atoms. The van der Waals surface area contributed by atoms with Crippen LogP contribution in [0.2, 0.25) is 0 Å². The summed E-state index contributed by atoms with van der Waals surface area (Å²) in [5, 5.41) is 4.91. The summed E-state index contributed by atoms with van der Waals surface area (Å²) in [4.78, 5) is 24.1. The Kier molecular flexibility index (Phi) is 4.18. The first kappa shape index (κ1) is 16.7. The molecule has 1 aromatic carbocycles. The van der Waals surface area contributed by atoms with Gasteiger partial charge in [-0.2, -0.15) is 4.98 Å². The van der Waals surface area contributed by atoms with E-state index in [2.05, 4.69) is 28.1 Å². The van der Waals surface area contributed by atoms with Crippen LogP contribution >= 0.6 is 0 Å². The van der Waals surface area contributed by atoms with Crippen LogP contribution in [0.15, 0.2) is 29.1 Å². The molecule has 134 valence electrons.